The minimum atomic E-state index is 0.00833. The van der Waals surface area contributed by atoms with Crippen LogP contribution in [0.4, 0.5) is 0 Å². The van der Waals surface area contributed by atoms with Gasteiger partial charge in [-0.25, -0.2) is 0 Å². The fourth-order valence-electron chi connectivity index (χ4n) is 1.41. The average Bonchev–Trinajstić information content (AvgIpc) is 2.27. The van der Waals surface area contributed by atoms with Crippen LogP contribution in [-0.2, 0) is 0 Å². The van der Waals surface area contributed by atoms with Crippen LogP contribution in [-0.4, -0.2) is 14.2 Å². The second-order valence-electron chi connectivity index (χ2n) is 3.92. The van der Waals surface area contributed by atoms with Crippen LogP contribution in [0.3, 0.4) is 0 Å². The molecule has 0 unspecified atom stereocenters. The molecule has 0 radical (unpaired) electrons. The third-order valence-corrected chi connectivity index (χ3v) is 2.48. The van der Waals surface area contributed by atoms with Crippen LogP contribution >= 0.6 is 0 Å². The van der Waals surface area contributed by atoms with Gasteiger partial charge in [0.1, 0.15) is 11.5 Å². The molecule has 1 rings (SSSR count). The Balaban J connectivity index is 3.06. The number of methoxy groups -OCH3 is 2. The Labute approximate surface area is 91.2 Å². The van der Waals surface area contributed by atoms with E-state index in [4.69, 9.17) is 15.2 Å². The summed E-state index contributed by atoms with van der Waals surface area (Å²) in [5.41, 5.74) is 7.12. The van der Waals surface area contributed by atoms with Gasteiger partial charge in [0.25, 0.3) is 0 Å². The van der Waals surface area contributed by atoms with E-state index in [0.29, 0.717) is 5.92 Å². The van der Waals surface area contributed by atoms with Crippen LogP contribution in [0.1, 0.15) is 25.5 Å². The van der Waals surface area contributed by atoms with Crippen LogP contribution < -0.4 is 15.2 Å². The molecule has 0 saturated heterocycles. The standard InChI is InChI=1S/C12H19NO2/c1-8(2)12(13)9-5-10(14-3)7-11(6-9)15-4/h5-8,12H,13H2,1-4H3/t12-/m1/s1. The monoisotopic (exact) mass is 209 g/mol. The molecule has 0 aliphatic rings. The Bertz CT molecular complexity index is 301. The van der Waals surface area contributed by atoms with Crippen LogP contribution in [0.2, 0.25) is 0 Å². The number of nitrogens with two attached hydrogens (primary N) is 1. The maximum absolute atomic E-state index is 6.07. The summed E-state index contributed by atoms with van der Waals surface area (Å²) in [4.78, 5) is 0. The Hall–Kier alpha value is -1.22. The van der Waals surface area contributed by atoms with Gasteiger partial charge in [0.15, 0.2) is 0 Å². The van der Waals surface area contributed by atoms with E-state index < -0.39 is 0 Å². The molecule has 0 saturated carbocycles. The van der Waals surface area contributed by atoms with E-state index in [1.54, 1.807) is 14.2 Å². The second-order valence-corrected chi connectivity index (χ2v) is 3.92. The molecule has 0 amide bonds. The predicted molar refractivity (Wildman–Crippen MR) is 61.3 cm³/mol. The highest BCUT2D eigenvalue weighted by Crippen LogP contribution is 2.28. The summed E-state index contributed by atoms with van der Waals surface area (Å²) >= 11 is 0. The summed E-state index contributed by atoms with van der Waals surface area (Å²) in [6.45, 7) is 4.19. The highest BCUT2D eigenvalue weighted by molar-refractivity contribution is 5.39. The lowest BCUT2D eigenvalue weighted by atomic mass is 9.97. The molecule has 3 heteroatoms. The van der Waals surface area contributed by atoms with Crippen molar-refractivity contribution in [2.24, 2.45) is 11.7 Å². The highest BCUT2D eigenvalue weighted by Gasteiger charge is 2.12. The van der Waals surface area contributed by atoms with Crippen molar-refractivity contribution in [2.45, 2.75) is 19.9 Å². The lowest BCUT2D eigenvalue weighted by molar-refractivity contribution is 0.391. The van der Waals surface area contributed by atoms with E-state index >= 15 is 0 Å². The minimum absolute atomic E-state index is 0.00833. The van der Waals surface area contributed by atoms with Gasteiger partial charge in [0.05, 0.1) is 14.2 Å². The summed E-state index contributed by atoms with van der Waals surface area (Å²) in [7, 11) is 3.28. The number of hydrogen-bond acceptors (Lipinski definition) is 3. The Morgan fingerprint density at radius 1 is 1.00 bits per heavy atom. The van der Waals surface area contributed by atoms with Crippen molar-refractivity contribution in [3.05, 3.63) is 23.8 Å². The van der Waals surface area contributed by atoms with E-state index in [-0.39, 0.29) is 6.04 Å². The van der Waals surface area contributed by atoms with Gasteiger partial charge in [0, 0.05) is 12.1 Å². The molecule has 2 N–H and O–H groups in total. The topological polar surface area (TPSA) is 44.5 Å². The van der Waals surface area contributed by atoms with Gasteiger partial charge < -0.3 is 15.2 Å². The minimum Gasteiger partial charge on any atom is -0.497 e. The first-order valence-corrected chi connectivity index (χ1v) is 5.07. The number of ether oxygens (including phenoxy) is 2. The smallest absolute Gasteiger partial charge is 0.122 e. The van der Waals surface area contributed by atoms with Crippen molar-refractivity contribution in [3.63, 3.8) is 0 Å². The molecule has 1 atom stereocenters. The van der Waals surface area contributed by atoms with Crippen molar-refractivity contribution in [1.29, 1.82) is 0 Å². The zero-order valence-corrected chi connectivity index (χ0v) is 9.78. The van der Waals surface area contributed by atoms with Gasteiger partial charge in [-0.1, -0.05) is 13.8 Å². The molecule has 84 valence electrons. The lowest BCUT2D eigenvalue weighted by Crippen LogP contribution is -2.16. The van der Waals surface area contributed by atoms with Gasteiger partial charge >= 0.3 is 0 Å². The molecule has 0 aromatic heterocycles. The normalized spacial score (nSPS) is 12.7. The van der Waals surface area contributed by atoms with Gasteiger partial charge in [-0.2, -0.15) is 0 Å². The first kappa shape index (κ1) is 11.9. The van der Waals surface area contributed by atoms with E-state index in [9.17, 15) is 0 Å². The number of rotatable bonds is 4. The largest absolute Gasteiger partial charge is 0.497 e. The molecule has 15 heavy (non-hydrogen) atoms. The first-order valence-electron chi connectivity index (χ1n) is 5.07. The van der Waals surface area contributed by atoms with Gasteiger partial charge in [-0.15, -0.1) is 0 Å². The fourth-order valence-corrected chi connectivity index (χ4v) is 1.41. The fraction of sp³-hybridized carbons (Fsp3) is 0.500. The third-order valence-electron chi connectivity index (χ3n) is 2.48. The average molecular weight is 209 g/mol. The molecular formula is C12H19NO2. The zero-order valence-electron chi connectivity index (χ0n) is 9.78. The summed E-state index contributed by atoms with van der Waals surface area (Å²) in [6.07, 6.45) is 0. The molecule has 0 aliphatic heterocycles. The van der Waals surface area contributed by atoms with Crippen molar-refractivity contribution in [3.8, 4) is 11.5 Å². The van der Waals surface area contributed by atoms with Gasteiger partial charge in [0.2, 0.25) is 0 Å². The second kappa shape index (κ2) is 5.03. The highest BCUT2D eigenvalue weighted by atomic mass is 16.5. The summed E-state index contributed by atoms with van der Waals surface area (Å²) in [5, 5.41) is 0. The molecule has 0 bridgehead atoms. The van der Waals surface area contributed by atoms with Crippen molar-refractivity contribution >= 4 is 0 Å². The van der Waals surface area contributed by atoms with Gasteiger partial charge in [-0.3, -0.25) is 0 Å². The van der Waals surface area contributed by atoms with E-state index in [2.05, 4.69) is 13.8 Å². The Morgan fingerprint density at radius 2 is 1.47 bits per heavy atom. The number of hydrogen-bond donors (Lipinski definition) is 1. The SMILES string of the molecule is COc1cc(OC)cc([C@H](N)C(C)C)c1. The Morgan fingerprint density at radius 3 is 1.80 bits per heavy atom. The molecular weight excluding hydrogens is 190 g/mol. The van der Waals surface area contributed by atoms with E-state index in [0.717, 1.165) is 17.1 Å². The summed E-state index contributed by atoms with van der Waals surface area (Å²) in [5.74, 6) is 1.95. The Kier molecular flexibility index (Phi) is 3.97. The molecule has 3 nitrogen and oxygen atoms in total. The maximum Gasteiger partial charge on any atom is 0.122 e. The molecule has 0 fully saturated rings. The molecule has 0 spiro atoms. The zero-order chi connectivity index (χ0) is 11.4. The van der Waals surface area contributed by atoms with E-state index in [1.807, 2.05) is 18.2 Å². The lowest BCUT2D eigenvalue weighted by Gasteiger charge is -2.17. The summed E-state index contributed by atoms with van der Waals surface area (Å²) < 4.78 is 10.4. The first-order chi connectivity index (χ1) is 7.08. The molecule has 0 aliphatic carbocycles. The number of benzene rings is 1. The molecule has 0 heterocycles. The molecule has 1 aromatic carbocycles. The van der Waals surface area contributed by atoms with Crippen molar-refractivity contribution in [1.82, 2.24) is 0 Å². The van der Waals surface area contributed by atoms with Crippen LogP contribution in [0.25, 0.3) is 0 Å². The quantitative estimate of drug-likeness (QED) is 0.828. The van der Waals surface area contributed by atoms with Crippen LogP contribution in [0.5, 0.6) is 11.5 Å². The predicted octanol–water partition coefficient (Wildman–Crippen LogP) is 2.36. The maximum atomic E-state index is 6.07. The van der Waals surface area contributed by atoms with Crippen LogP contribution in [0, 0.1) is 5.92 Å². The van der Waals surface area contributed by atoms with Crippen LogP contribution in [0.15, 0.2) is 18.2 Å². The van der Waals surface area contributed by atoms with E-state index in [1.165, 1.54) is 0 Å². The molecule has 1 aromatic rings. The van der Waals surface area contributed by atoms with Crippen molar-refractivity contribution < 1.29 is 9.47 Å². The van der Waals surface area contributed by atoms with Crippen molar-refractivity contribution in [2.75, 3.05) is 14.2 Å². The third kappa shape index (κ3) is 2.86. The summed E-state index contributed by atoms with van der Waals surface area (Å²) in [6, 6.07) is 5.76. The van der Waals surface area contributed by atoms with Gasteiger partial charge in [-0.05, 0) is 23.6 Å².